The summed E-state index contributed by atoms with van der Waals surface area (Å²) in [5.41, 5.74) is -0.116. The van der Waals surface area contributed by atoms with Crippen molar-refractivity contribution >= 4 is 23.6 Å². The molecule has 1 aromatic carbocycles. The number of rotatable bonds is 6. The molecule has 0 heterocycles. The normalized spacial score (nSPS) is 11.9. The second-order valence-electron chi connectivity index (χ2n) is 3.77. The molecule has 0 aromatic heterocycles. The molecule has 0 aliphatic carbocycles. The summed E-state index contributed by atoms with van der Waals surface area (Å²) < 4.78 is 25.7. The standard InChI is InChI=1S/C12H13F2NO3S/c1-19-5-4-10(12(17)18)15-11(16)7-2-3-8(13)9(14)6-7/h2-3,6,10H,4-5H2,1H3,(H,15,16)(H,17,18). The summed E-state index contributed by atoms with van der Waals surface area (Å²) in [5.74, 6) is -3.55. The first kappa shape index (κ1) is 15.4. The van der Waals surface area contributed by atoms with Crippen LogP contribution in [0.2, 0.25) is 0 Å². The number of carbonyl (C=O) groups is 2. The molecule has 2 N–H and O–H groups in total. The minimum absolute atomic E-state index is 0.116. The molecule has 0 fully saturated rings. The van der Waals surface area contributed by atoms with Gasteiger partial charge >= 0.3 is 5.97 Å². The zero-order chi connectivity index (χ0) is 14.4. The lowest BCUT2D eigenvalue weighted by Crippen LogP contribution is -2.41. The average molecular weight is 289 g/mol. The van der Waals surface area contributed by atoms with Crippen LogP contribution in [0.3, 0.4) is 0 Å². The van der Waals surface area contributed by atoms with Gasteiger partial charge in [-0.1, -0.05) is 0 Å². The molecule has 0 saturated heterocycles. The summed E-state index contributed by atoms with van der Waals surface area (Å²) in [6.07, 6.45) is 2.07. The zero-order valence-corrected chi connectivity index (χ0v) is 11.0. The number of hydrogen-bond acceptors (Lipinski definition) is 3. The molecule has 0 radical (unpaired) electrons. The monoisotopic (exact) mass is 289 g/mol. The van der Waals surface area contributed by atoms with Gasteiger partial charge in [-0.15, -0.1) is 0 Å². The van der Waals surface area contributed by atoms with Crippen LogP contribution in [-0.4, -0.2) is 35.0 Å². The quantitative estimate of drug-likeness (QED) is 0.839. The van der Waals surface area contributed by atoms with Crippen LogP contribution in [0.1, 0.15) is 16.8 Å². The Bertz CT molecular complexity index is 482. The first-order valence-corrected chi connectivity index (χ1v) is 6.82. The third kappa shape index (κ3) is 4.51. The van der Waals surface area contributed by atoms with Gasteiger partial charge in [-0.25, -0.2) is 13.6 Å². The van der Waals surface area contributed by atoms with E-state index in [1.54, 1.807) is 0 Å². The molecule has 0 aliphatic heterocycles. The van der Waals surface area contributed by atoms with Crippen molar-refractivity contribution in [2.45, 2.75) is 12.5 Å². The number of benzene rings is 1. The zero-order valence-electron chi connectivity index (χ0n) is 10.2. The highest BCUT2D eigenvalue weighted by molar-refractivity contribution is 7.98. The fourth-order valence-electron chi connectivity index (χ4n) is 1.37. The Morgan fingerprint density at radius 3 is 2.58 bits per heavy atom. The molecule has 1 unspecified atom stereocenters. The summed E-state index contributed by atoms with van der Waals surface area (Å²) in [5, 5.41) is 11.2. The van der Waals surface area contributed by atoms with Crippen LogP contribution in [0.15, 0.2) is 18.2 Å². The van der Waals surface area contributed by atoms with Gasteiger partial charge in [-0.3, -0.25) is 4.79 Å². The Hall–Kier alpha value is -1.63. The van der Waals surface area contributed by atoms with Crippen molar-refractivity contribution in [2.75, 3.05) is 12.0 Å². The van der Waals surface area contributed by atoms with E-state index in [9.17, 15) is 18.4 Å². The SMILES string of the molecule is CSCCC(NC(=O)c1ccc(F)c(F)c1)C(=O)O. The van der Waals surface area contributed by atoms with Crippen molar-refractivity contribution in [3.8, 4) is 0 Å². The molecule has 0 aliphatic rings. The van der Waals surface area contributed by atoms with Gasteiger partial charge < -0.3 is 10.4 Å². The molecular weight excluding hydrogens is 276 g/mol. The maximum atomic E-state index is 13.0. The van der Waals surface area contributed by atoms with Crippen LogP contribution in [0.25, 0.3) is 0 Å². The number of carboxylic acids is 1. The maximum absolute atomic E-state index is 13.0. The molecule has 1 aromatic rings. The second-order valence-corrected chi connectivity index (χ2v) is 4.76. The highest BCUT2D eigenvalue weighted by atomic mass is 32.2. The fourth-order valence-corrected chi connectivity index (χ4v) is 1.84. The molecule has 0 bridgehead atoms. The molecule has 104 valence electrons. The van der Waals surface area contributed by atoms with Gasteiger partial charge in [0.15, 0.2) is 11.6 Å². The van der Waals surface area contributed by atoms with Crippen LogP contribution in [0.4, 0.5) is 8.78 Å². The number of thioether (sulfide) groups is 1. The van der Waals surface area contributed by atoms with Crippen molar-refractivity contribution in [1.29, 1.82) is 0 Å². The number of carbonyl (C=O) groups excluding carboxylic acids is 1. The van der Waals surface area contributed by atoms with Gasteiger partial charge in [0.2, 0.25) is 0 Å². The minimum Gasteiger partial charge on any atom is -0.480 e. The number of nitrogens with one attached hydrogen (secondary N) is 1. The van der Waals surface area contributed by atoms with Crippen LogP contribution < -0.4 is 5.32 Å². The summed E-state index contributed by atoms with van der Waals surface area (Å²) in [7, 11) is 0. The average Bonchev–Trinajstić information content (AvgIpc) is 2.37. The molecule has 1 atom stereocenters. The predicted molar refractivity (Wildman–Crippen MR) is 68.2 cm³/mol. The summed E-state index contributed by atoms with van der Waals surface area (Å²) in [6, 6.07) is 1.61. The number of carboxylic acid groups (broad SMARTS) is 1. The smallest absolute Gasteiger partial charge is 0.326 e. The van der Waals surface area contributed by atoms with E-state index in [0.717, 1.165) is 18.2 Å². The van der Waals surface area contributed by atoms with E-state index < -0.39 is 29.6 Å². The van der Waals surface area contributed by atoms with E-state index in [1.807, 2.05) is 6.26 Å². The maximum Gasteiger partial charge on any atom is 0.326 e. The first-order valence-electron chi connectivity index (χ1n) is 5.43. The van der Waals surface area contributed by atoms with E-state index in [1.165, 1.54) is 11.8 Å². The summed E-state index contributed by atoms with van der Waals surface area (Å²) in [6.45, 7) is 0. The van der Waals surface area contributed by atoms with Crippen molar-refractivity contribution in [3.05, 3.63) is 35.4 Å². The van der Waals surface area contributed by atoms with E-state index in [4.69, 9.17) is 5.11 Å². The van der Waals surface area contributed by atoms with Crippen LogP contribution >= 0.6 is 11.8 Å². The van der Waals surface area contributed by atoms with E-state index in [0.29, 0.717) is 5.75 Å². The largest absolute Gasteiger partial charge is 0.480 e. The highest BCUT2D eigenvalue weighted by Crippen LogP contribution is 2.09. The van der Waals surface area contributed by atoms with Crippen molar-refractivity contribution < 1.29 is 23.5 Å². The molecule has 0 spiro atoms. The Labute approximate surface area is 113 Å². The van der Waals surface area contributed by atoms with Gasteiger partial charge in [-0.2, -0.15) is 11.8 Å². The molecular formula is C12H13F2NO3S. The van der Waals surface area contributed by atoms with Crippen molar-refractivity contribution in [1.82, 2.24) is 5.32 Å². The Kier molecular flexibility index (Phi) is 5.75. The van der Waals surface area contributed by atoms with E-state index >= 15 is 0 Å². The van der Waals surface area contributed by atoms with Gasteiger partial charge in [0.1, 0.15) is 6.04 Å². The number of amides is 1. The topological polar surface area (TPSA) is 66.4 Å². The third-order valence-corrected chi connectivity index (χ3v) is 3.04. The second kappa shape index (κ2) is 7.08. The van der Waals surface area contributed by atoms with Crippen LogP contribution in [-0.2, 0) is 4.79 Å². The Morgan fingerprint density at radius 1 is 1.37 bits per heavy atom. The molecule has 0 saturated carbocycles. The summed E-state index contributed by atoms with van der Waals surface area (Å²) >= 11 is 1.45. The third-order valence-electron chi connectivity index (χ3n) is 2.40. The number of hydrogen-bond donors (Lipinski definition) is 2. The van der Waals surface area contributed by atoms with Gasteiger partial charge in [0.25, 0.3) is 5.91 Å². The van der Waals surface area contributed by atoms with Crippen LogP contribution in [0.5, 0.6) is 0 Å². The molecule has 19 heavy (non-hydrogen) atoms. The van der Waals surface area contributed by atoms with Gasteiger partial charge in [0.05, 0.1) is 0 Å². The van der Waals surface area contributed by atoms with Gasteiger partial charge in [-0.05, 0) is 36.6 Å². The predicted octanol–water partition coefficient (Wildman–Crippen LogP) is 1.90. The minimum atomic E-state index is -1.16. The summed E-state index contributed by atoms with van der Waals surface area (Å²) in [4.78, 5) is 22.7. The van der Waals surface area contributed by atoms with E-state index in [-0.39, 0.29) is 12.0 Å². The highest BCUT2D eigenvalue weighted by Gasteiger charge is 2.20. The lowest BCUT2D eigenvalue weighted by atomic mass is 10.1. The molecule has 1 amide bonds. The molecule has 7 heteroatoms. The number of halogens is 2. The lowest BCUT2D eigenvalue weighted by molar-refractivity contribution is -0.139. The number of aliphatic carboxylic acids is 1. The van der Waals surface area contributed by atoms with Gasteiger partial charge in [0, 0.05) is 5.56 Å². The lowest BCUT2D eigenvalue weighted by Gasteiger charge is -2.13. The van der Waals surface area contributed by atoms with E-state index in [2.05, 4.69) is 5.32 Å². The molecule has 1 rings (SSSR count). The fraction of sp³-hybridized carbons (Fsp3) is 0.333. The Balaban J connectivity index is 2.75. The van der Waals surface area contributed by atoms with Crippen molar-refractivity contribution in [2.24, 2.45) is 0 Å². The molecule has 4 nitrogen and oxygen atoms in total. The Morgan fingerprint density at radius 2 is 2.05 bits per heavy atom. The van der Waals surface area contributed by atoms with Crippen molar-refractivity contribution in [3.63, 3.8) is 0 Å². The van der Waals surface area contributed by atoms with Crippen LogP contribution in [0, 0.1) is 11.6 Å². The first-order chi connectivity index (χ1) is 8.95.